The summed E-state index contributed by atoms with van der Waals surface area (Å²) < 4.78 is 5.19. The van der Waals surface area contributed by atoms with Crippen LogP contribution in [0.1, 0.15) is 0 Å². The first-order chi connectivity index (χ1) is 6.75. The maximum absolute atomic E-state index is 11.0. The smallest absolute Gasteiger partial charge is 0.185 e. The maximum atomic E-state index is 11.0. The van der Waals surface area contributed by atoms with Gasteiger partial charge in [-0.25, -0.2) is 0 Å². The molecule has 70 valence electrons. The van der Waals surface area contributed by atoms with Gasteiger partial charge in [0.05, 0.1) is 6.26 Å². The molecule has 0 spiro atoms. The van der Waals surface area contributed by atoms with Crippen LogP contribution in [0.5, 0.6) is 0 Å². The second kappa shape index (κ2) is 3.68. The van der Waals surface area contributed by atoms with Gasteiger partial charge < -0.3 is 4.42 Å². The van der Waals surface area contributed by atoms with Gasteiger partial charge in [0.1, 0.15) is 5.76 Å². The van der Waals surface area contributed by atoms with E-state index in [0.29, 0.717) is 10.8 Å². The Morgan fingerprint density at radius 3 is 2.43 bits per heavy atom. The second-order valence-electron chi connectivity index (χ2n) is 2.84. The molecule has 0 saturated heterocycles. The van der Waals surface area contributed by atoms with E-state index in [2.05, 4.69) is 0 Å². The molecule has 14 heavy (non-hydrogen) atoms. The SMILES string of the molecule is O=c1ccoc(-c2ccc(Cl)cc2)c1. The minimum absolute atomic E-state index is 0.0683. The Kier molecular flexibility index (Phi) is 2.37. The molecule has 0 fully saturated rings. The molecule has 0 aliphatic heterocycles. The number of hydrogen-bond acceptors (Lipinski definition) is 2. The van der Waals surface area contributed by atoms with E-state index >= 15 is 0 Å². The van der Waals surface area contributed by atoms with Crippen LogP contribution < -0.4 is 5.43 Å². The van der Waals surface area contributed by atoms with Gasteiger partial charge >= 0.3 is 0 Å². The topological polar surface area (TPSA) is 30.2 Å². The molecule has 0 aliphatic rings. The van der Waals surface area contributed by atoms with E-state index in [1.165, 1.54) is 18.4 Å². The van der Waals surface area contributed by atoms with E-state index < -0.39 is 0 Å². The molecule has 2 nitrogen and oxygen atoms in total. The zero-order valence-electron chi connectivity index (χ0n) is 7.24. The van der Waals surface area contributed by atoms with Crippen molar-refractivity contribution in [3.05, 3.63) is 57.9 Å². The summed E-state index contributed by atoms with van der Waals surface area (Å²) >= 11 is 5.74. The van der Waals surface area contributed by atoms with E-state index in [1.807, 2.05) is 0 Å². The molecule has 0 radical (unpaired) electrons. The van der Waals surface area contributed by atoms with E-state index in [4.69, 9.17) is 16.0 Å². The highest BCUT2D eigenvalue weighted by Gasteiger charge is 1.99. The number of hydrogen-bond donors (Lipinski definition) is 0. The molecule has 1 aromatic carbocycles. The van der Waals surface area contributed by atoms with Gasteiger partial charge in [-0.05, 0) is 24.3 Å². The quantitative estimate of drug-likeness (QED) is 0.718. The van der Waals surface area contributed by atoms with Gasteiger partial charge in [0, 0.05) is 22.7 Å². The van der Waals surface area contributed by atoms with E-state index in [0.717, 1.165) is 5.56 Å². The van der Waals surface area contributed by atoms with Crippen molar-refractivity contribution in [1.82, 2.24) is 0 Å². The van der Waals surface area contributed by atoms with E-state index in [1.54, 1.807) is 24.3 Å². The molecule has 0 atom stereocenters. The van der Waals surface area contributed by atoms with Crippen LogP contribution in [0.3, 0.4) is 0 Å². The molecular formula is C11H7ClO2. The van der Waals surface area contributed by atoms with Crippen LogP contribution in [0, 0.1) is 0 Å². The summed E-state index contributed by atoms with van der Waals surface area (Å²) in [6.07, 6.45) is 1.38. The molecule has 0 bridgehead atoms. The third-order valence-electron chi connectivity index (χ3n) is 1.83. The van der Waals surface area contributed by atoms with E-state index in [-0.39, 0.29) is 5.43 Å². The average molecular weight is 207 g/mol. The van der Waals surface area contributed by atoms with Gasteiger partial charge in [0.2, 0.25) is 0 Å². The molecular weight excluding hydrogens is 200 g/mol. The highest BCUT2D eigenvalue weighted by Crippen LogP contribution is 2.19. The first-order valence-electron chi connectivity index (χ1n) is 4.10. The molecule has 1 heterocycles. The Morgan fingerprint density at radius 1 is 1.07 bits per heavy atom. The standard InChI is InChI=1S/C11H7ClO2/c12-9-3-1-8(2-4-9)11-7-10(13)5-6-14-11/h1-7H. The van der Waals surface area contributed by atoms with Crippen LogP contribution in [-0.4, -0.2) is 0 Å². The lowest BCUT2D eigenvalue weighted by Gasteiger charge is -1.98. The van der Waals surface area contributed by atoms with Crippen molar-refractivity contribution in [2.24, 2.45) is 0 Å². The Bertz CT molecular complexity index is 485. The van der Waals surface area contributed by atoms with Gasteiger partial charge in [0.25, 0.3) is 0 Å². The van der Waals surface area contributed by atoms with Gasteiger partial charge in [-0.3, -0.25) is 4.79 Å². The van der Waals surface area contributed by atoms with Crippen LogP contribution in [0.4, 0.5) is 0 Å². The highest BCUT2D eigenvalue weighted by atomic mass is 35.5. The minimum Gasteiger partial charge on any atom is -0.464 e. The summed E-state index contributed by atoms with van der Waals surface area (Å²) in [6, 6.07) is 9.94. The predicted molar refractivity (Wildman–Crippen MR) is 55.4 cm³/mol. The highest BCUT2D eigenvalue weighted by molar-refractivity contribution is 6.30. The zero-order chi connectivity index (χ0) is 9.97. The van der Waals surface area contributed by atoms with E-state index in [9.17, 15) is 4.79 Å². The fraction of sp³-hybridized carbons (Fsp3) is 0. The van der Waals surface area contributed by atoms with Gasteiger partial charge in [-0.2, -0.15) is 0 Å². The van der Waals surface area contributed by atoms with Gasteiger partial charge in [0.15, 0.2) is 5.43 Å². The summed E-state index contributed by atoms with van der Waals surface area (Å²) in [6.45, 7) is 0. The van der Waals surface area contributed by atoms with Crippen molar-refractivity contribution in [2.75, 3.05) is 0 Å². The monoisotopic (exact) mass is 206 g/mol. The predicted octanol–water partition coefficient (Wildman–Crippen LogP) is 2.96. The van der Waals surface area contributed by atoms with Crippen molar-refractivity contribution >= 4 is 11.6 Å². The minimum atomic E-state index is -0.0683. The number of halogens is 1. The first-order valence-corrected chi connectivity index (χ1v) is 4.48. The average Bonchev–Trinajstić information content (AvgIpc) is 2.19. The molecule has 2 aromatic rings. The molecule has 0 amide bonds. The van der Waals surface area contributed by atoms with Gasteiger partial charge in [-0.1, -0.05) is 11.6 Å². The summed E-state index contributed by atoms with van der Waals surface area (Å²) in [5.41, 5.74) is 0.772. The summed E-state index contributed by atoms with van der Waals surface area (Å²) in [5, 5.41) is 0.659. The van der Waals surface area contributed by atoms with Crippen LogP contribution in [0.15, 0.2) is 51.9 Å². The second-order valence-corrected chi connectivity index (χ2v) is 3.27. The molecule has 2 rings (SSSR count). The summed E-state index contributed by atoms with van der Waals surface area (Å²) in [4.78, 5) is 11.0. The molecule has 3 heteroatoms. The first kappa shape index (κ1) is 9.03. The molecule has 1 aromatic heterocycles. The Hall–Kier alpha value is -1.54. The fourth-order valence-corrected chi connectivity index (χ4v) is 1.28. The van der Waals surface area contributed by atoms with Crippen LogP contribution in [0.25, 0.3) is 11.3 Å². The van der Waals surface area contributed by atoms with Crippen LogP contribution >= 0.6 is 11.6 Å². The summed E-state index contributed by atoms with van der Waals surface area (Å²) in [7, 11) is 0. The lowest BCUT2D eigenvalue weighted by atomic mass is 10.1. The van der Waals surface area contributed by atoms with Crippen molar-refractivity contribution in [2.45, 2.75) is 0 Å². The third kappa shape index (κ3) is 1.86. The van der Waals surface area contributed by atoms with Crippen LogP contribution in [0.2, 0.25) is 5.02 Å². The largest absolute Gasteiger partial charge is 0.464 e. The van der Waals surface area contributed by atoms with Crippen molar-refractivity contribution < 1.29 is 4.42 Å². The molecule has 0 saturated carbocycles. The lowest BCUT2D eigenvalue weighted by molar-refractivity contribution is 0.564. The molecule has 0 N–H and O–H groups in total. The fourth-order valence-electron chi connectivity index (χ4n) is 1.15. The number of benzene rings is 1. The Morgan fingerprint density at radius 2 is 1.79 bits per heavy atom. The molecule has 0 aliphatic carbocycles. The zero-order valence-corrected chi connectivity index (χ0v) is 7.99. The third-order valence-corrected chi connectivity index (χ3v) is 2.08. The van der Waals surface area contributed by atoms with Crippen LogP contribution in [-0.2, 0) is 0 Å². The van der Waals surface area contributed by atoms with Crippen molar-refractivity contribution in [3.63, 3.8) is 0 Å². The maximum Gasteiger partial charge on any atom is 0.185 e. The normalized spacial score (nSPS) is 10.1. The molecule has 0 unspecified atom stereocenters. The van der Waals surface area contributed by atoms with Gasteiger partial charge in [-0.15, -0.1) is 0 Å². The van der Waals surface area contributed by atoms with Crippen molar-refractivity contribution in [3.8, 4) is 11.3 Å². The number of rotatable bonds is 1. The summed E-state index contributed by atoms with van der Waals surface area (Å²) in [5.74, 6) is 0.550. The van der Waals surface area contributed by atoms with Crippen molar-refractivity contribution in [1.29, 1.82) is 0 Å². The Labute approximate surface area is 85.8 Å². The lowest BCUT2D eigenvalue weighted by Crippen LogP contribution is -1.94. The Balaban J connectivity index is 2.50.